The highest BCUT2D eigenvalue weighted by Crippen LogP contribution is 2.40. The highest BCUT2D eigenvalue weighted by Gasteiger charge is 2.38. The van der Waals surface area contributed by atoms with Gasteiger partial charge in [0.25, 0.3) is 0 Å². The number of hydrogen-bond acceptors (Lipinski definition) is 2. The molecule has 34 heavy (non-hydrogen) atoms. The molecule has 0 aromatic heterocycles. The zero-order valence-electron chi connectivity index (χ0n) is 22.5. The van der Waals surface area contributed by atoms with Crippen molar-refractivity contribution in [2.24, 2.45) is 23.7 Å². The quantitative estimate of drug-likeness (QED) is 0.330. The van der Waals surface area contributed by atoms with Gasteiger partial charge in [-0.15, -0.1) is 0 Å². The summed E-state index contributed by atoms with van der Waals surface area (Å²) in [5.74, 6) is 3.88. The van der Waals surface area contributed by atoms with E-state index in [1.807, 2.05) is 0 Å². The van der Waals surface area contributed by atoms with Crippen LogP contribution in [0, 0.1) is 23.7 Å². The van der Waals surface area contributed by atoms with Gasteiger partial charge in [-0.1, -0.05) is 62.8 Å². The minimum atomic E-state index is 0.953. The number of allylic oxidation sites excluding steroid dienone is 3. The van der Waals surface area contributed by atoms with Crippen LogP contribution >= 0.6 is 0 Å². The van der Waals surface area contributed by atoms with E-state index in [4.69, 9.17) is 0 Å². The number of piperidine rings is 2. The van der Waals surface area contributed by atoms with Crippen molar-refractivity contribution in [2.45, 2.75) is 116 Å². The van der Waals surface area contributed by atoms with E-state index < -0.39 is 0 Å². The van der Waals surface area contributed by atoms with Crippen LogP contribution in [-0.4, -0.2) is 49.1 Å². The highest BCUT2D eigenvalue weighted by atomic mass is 15.1. The van der Waals surface area contributed by atoms with Gasteiger partial charge in [0.2, 0.25) is 0 Å². The molecule has 6 bridgehead atoms. The third-order valence-electron chi connectivity index (χ3n) is 9.60. The second-order valence-electron chi connectivity index (χ2n) is 12.3. The van der Waals surface area contributed by atoms with E-state index in [1.165, 1.54) is 148 Å². The summed E-state index contributed by atoms with van der Waals surface area (Å²) in [5.41, 5.74) is 0. The average Bonchev–Trinajstić information content (AvgIpc) is 2.85. The lowest BCUT2D eigenvalue weighted by atomic mass is 9.69. The number of fused-ring (bicyclic) bond motifs is 10. The molecule has 5 aliphatic rings. The van der Waals surface area contributed by atoms with Gasteiger partial charge in [-0.2, -0.15) is 0 Å². The summed E-state index contributed by atoms with van der Waals surface area (Å²) in [6, 6.07) is 0. The van der Waals surface area contributed by atoms with Crippen LogP contribution in [0.5, 0.6) is 0 Å². The third kappa shape index (κ3) is 9.12. The predicted octanol–water partition coefficient (Wildman–Crippen LogP) is 8.24. The number of nitrogens with zero attached hydrogens (tertiary/aromatic N) is 2. The molecule has 0 aromatic rings. The van der Waals surface area contributed by atoms with E-state index in [0.29, 0.717) is 0 Å². The molecule has 0 saturated carbocycles. The maximum absolute atomic E-state index is 2.93. The van der Waals surface area contributed by atoms with Crippen LogP contribution in [0.3, 0.4) is 0 Å². The van der Waals surface area contributed by atoms with Crippen LogP contribution in [0.25, 0.3) is 0 Å². The van der Waals surface area contributed by atoms with Crippen LogP contribution < -0.4 is 0 Å². The van der Waals surface area contributed by atoms with Crippen LogP contribution in [0.2, 0.25) is 0 Å². The molecule has 2 nitrogen and oxygen atoms in total. The highest BCUT2D eigenvalue weighted by molar-refractivity contribution is 4.92. The van der Waals surface area contributed by atoms with Gasteiger partial charge in [0.1, 0.15) is 0 Å². The number of hydrogen-bond donors (Lipinski definition) is 0. The van der Waals surface area contributed by atoms with Crippen LogP contribution in [-0.2, 0) is 0 Å². The minimum Gasteiger partial charge on any atom is -0.303 e. The Hall–Kier alpha value is -0.600. The Labute approximate surface area is 212 Å². The molecule has 2 fully saturated rings. The van der Waals surface area contributed by atoms with Gasteiger partial charge in [0.05, 0.1) is 0 Å². The average molecular weight is 469 g/mol. The summed E-state index contributed by atoms with van der Waals surface area (Å²) >= 11 is 0. The van der Waals surface area contributed by atoms with E-state index in [2.05, 4.69) is 34.1 Å². The Morgan fingerprint density at radius 1 is 0.441 bits per heavy atom. The molecule has 2 heteroatoms. The Morgan fingerprint density at radius 2 is 1.09 bits per heavy atom. The van der Waals surface area contributed by atoms with Gasteiger partial charge in [-0.25, -0.2) is 0 Å². The molecule has 0 aromatic carbocycles. The molecule has 0 radical (unpaired) electrons. The summed E-state index contributed by atoms with van der Waals surface area (Å²) in [6.07, 6.45) is 35.5. The largest absolute Gasteiger partial charge is 0.303 e. The fraction of sp³-hybridized carbons (Fsp3) is 0.875. The third-order valence-corrected chi connectivity index (χ3v) is 9.60. The Balaban J connectivity index is 1.47. The van der Waals surface area contributed by atoms with Gasteiger partial charge in [-0.3, -0.25) is 0 Å². The van der Waals surface area contributed by atoms with Crippen molar-refractivity contribution in [3.63, 3.8) is 0 Å². The van der Waals surface area contributed by atoms with Crippen molar-refractivity contribution in [3.05, 3.63) is 24.3 Å². The first-order valence-electron chi connectivity index (χ1n) is 15.6. The smallest absolute Gasteiger partial charge is 0.00160 e. The van der Waals surface area contributed by atoms with Crippen molar-refractivity contribution in [1.29, 1.82) is 0 Å². The van der Waals surface area contributed by atoms with Crippen LogP contribution in [0.1, 0.15) is 116 Å². The van der Waals surface area contributed by atoms with E-state index in [0.717, 1.165) is 23.7 Å². The van der Waals surface area contributed by atoms with Crippen molar-refractivity contribution in [2.75, 3.05) is 39.3 Å². The van der Waals surface area contributed by atoms with E-state index in [-0.39, 0.29) is 0 Å². The lowest BCUT2D eigenvalue weighted by Gasteiger charge is -2.47. The van der Waals surface area contributed by atoms with Crippen molar-refractivity contribution in [3.8, 4) is 0 Å². The first kappa shape index (κ1) is 26.5. The monoisotopic (exact) mass is 468 g/mol. The zero-order chi connectivity index (χ0) is 23.3. The summed E-state index contributed by atoms with van der Waals surface area (Å²) in [6.45, 7) is 8.22. The van der Waals surface area contributed by atoms with Crippen LogP contribution in [0.15, 0.2) is 24.3 Å². The lowest BCUT2D eigenvalue weighted by molar-refractivity contribution is 0.0193. The van der Waals surface area contributed by atoms with Gasteiger partial charge in [-0.05, 0) is 114 Å². The Kier molecular flexibility index (Phi) is 12.1. The van der Waals surface area contributed by atoms with Gasteiger partial charge in [0, 0.05) is 26.2 Å². The fourth-order valence-electron chi connectivity index (χ4n) is 7.70. The first-order valence-corrected chi connectivity index (χ1v) is 15.6. The predicted molar refractivity (Wildman–Crippen MR) is 148 cm³/mol. The molecule has 0 N–H and O–H groups in total. The topological polar surface area (TPSA) is 6.48 Å². The molecule has 6 atom stereocenters. The molecule has 0 spiro atoms. The van der Waals surface area contributed by atoms with E-state index in [1.54, 1.807) is 6.42 Å². The molecule has 2 saturated heterocycles. The molecule has 0 aliphatic carbocycles. The van der Waals surface area contributed by atoms with E-state index >= 15 is 0 Å². The fourth-order valence-corrected chi connectivity index (χ4v) is 7.70. The second kappa shape index (κ2) is 15.5. The van der Waals surface area contributed by atoms with Gasteiger partial charge in [0.15, 0.2) is 0 Å². The van der Waals surface area contributed by atoms with Crippen molar-refractivity contribution < 1.29 is 0 Å². The summed E-state index contributed by atoms with van der Waals surface area (Å²) < 4.78 is 0. The molecule has 2 unspecified atom stereocenters. The van der Waals surface area contributed by atoms with Crippen LogP contribution in [0.4, 0.5) is 0 Å². The zero-order valence-corrected chi connectivity index (χ0v) is 22.5. The molecule has 5 aliphatic heterocycles. The van der Waals surface area contributed by atoms with E-state index in [9.17, 15) is 0 Å². The first-order chi connectivity index (χ1) is 16.9. The number of rotatable bonds is 0. The molecule has 5 heterocycles. The standard InChI is InChI=1S/C32H56N2/c1-2-5-10-14-18-23-34-26-29-19-15-11-7-4-6-9-13-17-22-33-24-21-32(31(25-29)28-34)30(27-33)20-16-12-8-3-1/h2,5,9,13,29-32H,1,3-4,6-8,10-12,14-28H2/b5-2-,13-9?/t29-,30+,31+,32+/m1/s1. The van der Waals surface area contributed by atoms with Crippen molar-refractivity contribution >= 4 is 0 Å². The SMILES string of the molecule is C1=CCCN2CC[C@H]3[C@@H](CCCCCC/C=C\CCCCN4C[C@H](CCCCCC1)C[C@H]3C4)C2. The summed E-state index contributed by atoms with van der Waals surface area (Å²) in [4.78, 5) is 5.77. The molecule has 5 rings (SSSR count). The minimum absolute atomic E-state index is 0.953. The molecule has 0 amide bonds. The van der Waals surface area contributed by atoms with Gasteiger partial charge < -0.3 is 9.80 Å². The molecular weight excluding hydrogens is 412 g/mol. The maximum atomic E-state index is 2.93. The Bertz CT molecular complexity index is 596. The van der Waals surface area contributed by atoms with Crippen molar-refractivity contribution in [1.82, 2.24) is 9.80 Å². The van der Waals surface area contributed by atoms with Gasteiger partial charge >= 0.3 is 0 Å². The maximum Gasteiger partial charge on any atom is 0.00160 e. The normalized spacial score (nSPS) is 38.8. The summed E-state index contributed by atoms with van der Waals surface area (Å²) in [5, 5.41) is 0. The molecular formula is C32H56N2. The lowest BCUT2D eigenvalue weighted by Crippen LogP contribution is -2.49. The Morgan fingerprint density at radius 3 is 1.88 bits per heavy atom. The summed E-state index contributed by atoms with van der Waals surface area (Å²) in [7, 11) is 0. The molecule has 194 valence electrons. The second-order valence-corrected chi connectivity index (χ2v) is 12.3.